The van der Waals surface area contributed by atoms with Gasteiger partial charge in [0, 0.05) is 13.2 Å². The number of carbonyl (C=O) groups is 1. The molecule has 0 aliphatic rings. The van der Waals surface area contributed by atoms with Crippen molar-refractivity contribution in [2.45, 2.75) is 6.92 Å². The lowest BCUT2D eigenvalue weighted by molar-refractivity contribution is 0.0599. The Kier molecular flexibility index (Phi) is 2.67. The van der Waals surface area contributed by atoms with Gasteiger partial charge in [-0.25, -0.2) is 4.79 Å². The lowest BCUT2D eigenvalue weighted by atomic mass is 10.1. The maximum atomic E-state index is 11.9. The van der Waals surface area contributed by atoms with Crippen molar-refractivity contribution >= 4 is 16.9 Å². The van der Waals surface area contributed by atoms with Crippen molar-refractivity contribution in [3.63, 3.8) is 0 Å². The number of nitrogens with zero attached hydrogens (tertiary/aromatic N) is 2. The molecule has 0 atom stereocenters. The lowest BCUT2D eigenvalue weighted by Crippen LogP contribution is -2.17. The topological polar surface area (TPSA) is 61.2 Å². The Morgan fingerprint density at radius 2 is 2.18 bits per heavy atom. The highest BCUT2D eigenvalue weighted by Crippen LogP contribution is 2.13. The van der Waals surface area contributed by atoms with Crippen LogP contribution in [-0.2, 0) is 11.8 Å². The van der Waals surface area contributed by atoms with Crippen molar-refractivity contribution in [3.05, 3.63) is 39.9 Å². The summed E-state index contributed by atoms with van der Waals surface area (Å²) in [7, 11) is 2.95. The van der Waals surface area contributed by atoms with Crippen LogP contribution in [0.15, 0.2) is 23.1 Å². The summed E-state index contributed by atoms with van der Waals surface area (Å²) in [5.74, 6) is -0.484. The molecule has 2 aromatic heterocycles. The van der Waals surface area contributed by atoms with E-state index in [2.05, 4.69) is 9.72 Å². The molecule has 88 valence electrons. The van der Waals surface area contributed by atoms with Gasteiger partial charge in [-0.3, -0.25) is 9.78 Å². The number of fused-ring (bicyclic) bond motifs is 1. The van der Waals surface area contributed by atoms with E-state index in [4.69, 9.17) is 0 Å². The van der Waals surface area contributed by atoms with Gasteiger partial charge >= 0.3 is 5.97 Å². The zero-order valence-electron chi connectivity index (χ0n) is 9.85. The van der Waals surface area contributed by atoms with Gasteiger partial charge in [0.25, 0.3) is 5.56 Å². The normalized spacial score (nSPS) is 10.5. The van der Waals surface area contributed by atoms with Crippen molar-refractivity contribution < 1.29 is 9.53 Å². The van der Waals surface area contributed by atoms with Gasteiger partial charge in [-0.05, 0) is 19.1 Å². The van der Waals surface area contributed by atoms with Crippen LogP contribution >= 0.6 is 0 Å². The molecule has 0 spiro atoms. The van der Waals surface area contributed by atoms with Crippen LogP contribution in [0, 0.1) is 6.92 Å². The van der Waals surface area contributed by atoms with Crippen LogP contribution in [0.1, 0.15) is 16.1 Å². The Balaban J connectivity index is 2.82. The van der Waals surface area contributed by atoms with E-state index < -0.39 is 5.97 Å². The second-order valence-corrected chi connectivity index (χ2v) is 3.78. The van der Waals surface area contributed by atoms with Gasteiger partial charge in [0.05, 0.1) is 29.3 Å². The van der Waals surface area contributed by atoms with Crippen LogP contribution in [0.25, 0.3) is 10.9 Å². The van der Waals surface area contributed by atoms with Crippen LogP contribution in [0.4, 0.5) is 0 Å². The lowest BCUT2D eigenvalue weighted by Gasteiger charge is -2.06. The van der Waals surface area contributed by atoms with E-state index in [0.29, 0.717) is 22.2 Å². The predicted molar refractivity (Wildman–Crippen MR) is 63.1 cm³/mol. The first kappa shape index (κ1) is 11.3. The van der Waals surface area contributed by atoms with Gasteiger partial charge in [-0.15, -0.1) is 0 Å². The number of hydrogen-bond donors (Lipinski definition) is 0. The maximum absolute atomic E-state index is 11.9. The molecule has 17 heavy (non-hydrogen) atoms. The van der Waals surface area contributed by atoms with Crippen molar-refractivity contribution in [1.82, 2.24) is 9.55 Å². The maximum Gasteiger partial charge on any atom is 0.339 e. The number of esters is 1. The third kappa shape index (κ3) is 1.80. The van der Waals surface area contributed by atoms with Crippen LogP contribution in [0.2, 0.25) is 0 Å². The molecule has 0 N–H and O–H groups in total. The highest BCUT2D eigenvalue weighted by molar-refractivity contribution is 5.94. The summed E-state index contributed by atoms with van der Waals surface area (Å²) >= 11 is 0. The minimum absolute atomic E-state index is 0.180. The van der Waals surface area contributed by atoms with E-state index in [1.54, 1.807) is 26.2 Å². The predicted octanol–water partition coefficient (Wildman–Crippen LogP) is 1.03. The van der Waals surface area contributed by atoms with Crippen molar-refractivity contribution in [2.75, 3.05) is 7.11 Å². The second-order valence-electron chi connectivity index (χ2n) is 3.78. The summed E-state index contributed by atoms with van der Waals surface area (Å²) in [6.07, 6.45) is 1.65. The average Bonchev–Trinajstić information content (AvgIpc) is 2.32. The number of aryl methyl sites for hydroxylation is 2. The summed E-state index contributed by atoms with van der Waals surface area (Å²) in [5, 5.41) is 0.418. The van der Waals surface area contributed by atoms with Gasteiger partial charge in [0.1, 0.15) is 0 Å². The van der Waals surface area contributed by atoms with Crippen LogP contribution in [-0.4, -0.2) is 22.6 Å². The number of carbonyl (C=O) groups excluding carboxylic acids is 1. The second kappa shape index (κ2) is 4.01. The Morgan fingerprint density at radius 1 is 1.47 bits per heavy atom. The smallest absolute Gasteiger partial charge is 0.339 e. The number of methoxy groups -OCH3 is 1. The van der Waals surface area contributed by atoms with Crippen molar-refractivity contribution in [2.24, 2.45) is 7.05 Å². The molecule has 2 heterocycles. The first-order chi connectivity index (χ1) is 8.04. The number of rotatable bonds is 1. The first-order valence-electron chi connectivity index (χ1n) is 5.10. The SMILES string of the molecule is COC(=O)c1cc2c(=O)n(C)ccc2nc1C. The summed E-state index contributed by atoms with van der Waals surface area (Å²) in [4.78, 5) is 27.6. The summed E-state index contributed by atoms with van der Waals surface area (Å²) in [6.45, 7) is 1.71. The Morgan fingerprint density at radius 3 is 2.82 bits per heavy atom. The third-order valence-corrected chi connectivity index (χ3v) is 2.65. The average molecular weight is 232 g/mol. The molecule has 0 fully saturated rings. The molecule has 0 radical (unpaired) electrons. The molecule has 2 aromatic rings. The van der Waals surface area contributed by atoms with Gasteiger partial charge in [0.15, 0.2) is 0 Å². The van der Waals surface area contributed by atoms with E-state index >= 15 is 0 Å². The van der Waals surface area contributed by atoms with Crippen LogP contribution in [0.3, 0.4) is 0 Å². The minimum atomic E-state index is -0.484. The summed E-state index contributed by atoms with van der Waals surface area (Å²) < 4.78 is 6.09. The fraction of sp³-hybridized carbons (Fsp3) is 0.250. The number of ether oxygens (including phenoxy) is 1. The number of aromatic nitrogens is 2. The molecular weight excluding hydrogens is 220 g/mol. The zero-order chi connectivity index (χ0) is 12.6. The Bertz CT molecular complexity index is 659. The van der Waals surface area contributed by atoms with Gasteiger partial charge in [0.2, 0.25) is 0 Å². The number of hydrogen-bond acceptors (Lipinski definition) is 4. The Hall–Kier alpha value is -2.17. The standard InChI is InChI=1S/C12H12N2O3/c1-7-8(12(16)17-3)6-9-10(13-7)4-5-14(2)11(9)15/h4-6H,1-3H3. The van der Waals surface area contributed by atoms with Gasteiger partial charge in [-0.1, -0.05) is 0 Å². The monoisotopic (exact) mass is 232 g/mol. The van der Waals surface area contributed by atoms with E-state index in [1.165, 1.54) is 17.7 Å². The first-order valence-corrected chi connectivity index (χ1v) is 5.10. The van der Waals surface area contributed by atoms with Crippen molar-refractivity contribution in [3.8, 4) is 0 Å². The van der Waals surface area contributed by atoms with Crippen LogP contribution in [0.5, 0.6) is 0 Å². The van der Waals surface area contributed by atoms with Gasteiger partial charge in [-0.2, -0.15) is 0 Å². The molecule has 0 aliphatic heterocycles. The van der Waals surface area contributed by atoms with E-state index in [-0.39, 0.29) is 5.56 Å². The van der Waals surface area contributed by atoms with E-state index in [0.717, 1.165) is 0 Å². The third-order valence-electron chi connectivity index (χ3n) is 2.65. The molecule has 0 bridgehead atoms. The molecule has 0 amide bonds. The summed E-state index contributed by atoms with van der Waals surface area (Å²) in [5.41, 5.74) is 1.28. The fourth-order valence-electron chi connectivity index (χ4n) is 1.68. The van der Waals surface area contributed by atoms with Crippen molar-refractivity contribution in [1.29, 1.82) is 0 Å². The molecule has 5 nitrogen and oxygen atoms in total. The van der Waals surface area contributed by atoms with Crippen LogP contribution < -0.4 is 5.56 Å². The molecule has 0 saturated heterocycles. The zero-order valence-corrected chi connectivity index (χ0v) is 9.85. The van der Waals surface area contributed by atoms with E-state index in [9.17, 15) is 9.59 Å². The number of pyridine rings is 2. The quantitative estimate of drug-likeness (QED) is 0.689. The molecular formula is C12H12N2O3. The molecule has 5 heteroatoms. The largest absolute Gasteiger partial charge is 0.465 e. The highest BCUT2D eigenvalue weighted by atomic mass is 16.5. The Labute approximate surface area is 97.7 Å². The molecule has 0 unspecified atom stereocenters. The van der Waals surface area contributed by atoms with E-state index in [1.807, 2.05) is 0 Å². The molecule has 0 saturated carbocycles. The summed E-state index contributed by atoms with van der Waals surface area (Å²) in [6, 6.07) is 3.27. The highest BCUT2D eigenvalue weighted by Gasteiger charge is 2.13. The molecule has 0 aromatic carbocycles. The molecule has 2 rings (SSSR count). The minimum Gasteiger partial charge on any atom is -0.465 e. The van der Waals surface area contributed by atoms with Gasteiger partial charge < -0.3 is 9.30 Å². The molecule has 0 aliphatic carbocycles. The fourth-order valence-corrected chi connectivity index (χ4v) is 1.68.